The molecule has 0 heterocycles. The van der Waals surface area contributed by atoms with Gasteiger partial charge >= 0.3 is 0 Å². The molecule has 0 unspecified atom stereocenters. The first kappa shape index (κ1) is 15.6. The number of nitrogens with two attached hydrogens (primary N) is 1. The number of benzene rings is 1. The van der Waals surface area contributed by atoms with Gasteiger partial charge in [-0.3, -0.25) is 0 Å². The second kappa shape index (κ2) is 6.14. The highest BCUT2D eigenvalue weighted by molar-refractivity contribution is 7.91. The second-order valence-corrected chi connectivity index (χ2v) is 7.56. The maximum absolute atomic E-state index is 11.7. The summed E-state index contributed by atoms with van der Waals surface area (Å²) in [5.41, 5.74) is 7.27. The first-order valence-corrected chi connectivity index (χ1v) is 7.87. The number of hydrogen-bond acceptors (Lipinski definition) is 5. The lowest BCUT2D eigenvalue weighted by Crippen LogP contribution is -2.22. The van der Waals surface area contributed by atoms with Crippen LogP contribution < -0.4 is 15.4 Å². The zero-order valence-corrected chi connectivity index (χ0v) is 12.7. The fourth-order valence-corrected chi connectivity index (χ4v) is 2.22. The zero-order valence-electron chi connectivity index (χ0n) is 11.9. The largest absolute Gasteiger partial charge is 0.490 e. The minimum atomic E-state index is -3.08. The van der Waals surface area contributed by atoms with Crippen LogP contribution in [0.25, 0.3) is 0 Å². The number of rotatable bonds is 6. The maximum atomic E-state index is 11.7. The molecule has 0 amide bonds. The number of sulfone groups is 1. The van der Waals surface area contributed by atoms with Crippen LogP contribution in [0.1, 0.15) is 13.8 Å². The third kappa shape index (κ3) is 4.31. The summed E-state index contributed by atoms with van der Waals surface area (Å²) < 4.78 is 28.8. The van der Waals surface area contributed by atoms with Crippen molar-refractivity contribution in [3.05, 3.63) is 18.2 Å². The number of hydrogen-bond donors (Lipinski definition) is 1. The molecular weight excluding hydrogens is 264 g/mol. The molecule has 0 atom stereocenters. The van der Waals surface area contributed by atoms with Crippen LogP contribution in [0.15, 0.2) is 18.2 Å². The van der Waals surface area contributed by atoms with Crippen molar-refractivity contribution < 1.29 is 13.2 Å². The van der Waals surface area contributed by atoms with E-state index in [9.17, 15) is 8.42 Å². The molecule has 0 aliphatic heterocycles. The third-order valence-corrected chi connectivity index (χ3v) is 5.03. The van der Waals surface area contributed by atoms with Crippen molar-refractivity contribution in [2.75, 3.05) is 37.1 Å². The average Bonchev–Trinajstić information content (AvgIpc) is 2.30. The van der Waals surface area contributed by atoms with Gasteiger partial charge < -0.3 is 15.4 Å². The summed E-state index contributed by atoms with van der Waals surface area (Å²) in [6, 6.07) is 5.44. The standard InChI is InChI=1S/C13H22N2O3S/c1-10(2)19(16,17)8-7-18-13-9-11(15(3)4)5-6-12(13)14/h5-6,9-10H,7-8,14H2,1-4H3. The topological polar surface area (TPSA) is 72.6 Å². The SMILES string of the molecule is CC(C)S(=O)(=O)CCOc1cc(N(C)C)ccc1N. The van der Waals surface area contributed by atoms with E-state index in [-0.39, 0.29) is 17.6 Å². The Morgan fingerprint density at radius 1 is 1.32 bits per heavy atom. The molecule has 1 rings (SSSR count). The fraction of sp³-hybridized carbons (Fsp3) is 0.538. The van der Waals surface area contributed by atoms with E-state index in [1.807, 2.05) is 25.1 Å². The van der Waals surface area contributed by atoms with E-state index in [0.29, 0.717) is 11.4 Å². The molecule has 19 heavy (non-hydrogen) atoms. The van der Waals surface area contributed by atoms with Crippen LogP contribution >= 0.6 is 0 Å². The van der Waals surface area contributed by atoms with Crippen LogP contribution in [0.3, 0.4) is 0 Å². The molecular formula is C13H22N2O3S. The van der Waals surface area contributed by atoms with Gasteiger partial charge in [0.05, 0.1) is 16.7 Å². The summed E-state index contributed by atoms with van der Waals surface area (Å²) in [5, 5.41) is -0.387. The van der Waals surface area contributed by atoms with E-state index in [4.69, 9.17) is 10.5 Å². The van der Waals surface area contributed by atoms with Crippen LogP contribution in [0.4, 0.5) is 11.4 Å². The fourth-order valence-electron chi connectivity index (χ4n) is 1.43. The van der Waals surface area contributed by atoms with E-state index >= 15 is 0 Å². The van der Waals surface area contributed by atoms with Gasteiger partial charge in [0.1, 0.15) is 12.4 Å². The van der Waals surface area contributed by atoms with Crippen molar-refractivity contribution in [3.63, 3.8) is 0 Å². The summed E-state index contributed by atoms with van der Waals surface area (Å²) in [6.07, 6.45) is 0. The predicted octanol–water partition coefficient (Wildman–Crippen LogP) is 1.54. The first-order valence-electron chi connectivity index (χ1n) is 6.15. The molecule has 0 fully saturated rings. The molecule has 0 radical (unpaired) electrons. The lowest BCUT2D eigenvalue weighted by atomic mass is 10.2. The van der Waals surface area contributed by atoms with Gasteiger partial charge in [0, 0.05) is 25.8 Å². The first-order chi connectivity index (χ1) is 8.74. The molecule has 5 nitrogen and oxygen atoms in total. The third-order valence-electron chi connectivity index (χ3n) is 2.86. The Kier molecular flexibility index (Phi) is 5.05. The van der Waals surface area contributed by atoms with Crippen molar-refractivity contribution >= 4 is 21.2 Å². The lowest BCUT2D eigenvalue weighted by Gasteiger charge is -2.16. The Hall–Kier alpha value is -1.43. The maximum Gasteiger partial charge on any atom is 0.155 e. The second-order valence-electron chi connectivity index (χ2n) is 4.88. The minimum absolute atomic E-state index is 0.00367. The predicted molar refractivity (Wildman–Crippen MR) is 79.6 cm³/mol. The smallest absolute Gasteiger partial charge is 0.155 e. The molecule has 0 saturated heterocycles. The summed E-state index contributed by atoms with van der Waals surface area (Å²) >= 11 is 0. The van der Waals surface area contributed by atoms with Gasteiger partial charge in [0.2, 0.25) is 0 Å². The molecule has 108 valence electrons. The molecule has 1 aromatic rings. The molecule has 0 aromatic heterocycles. The highest BCUT2D eigenvalue weighted by Gasteiger charge is 2.16. The van der Waals surface area contributed by atoms with E-state index in [1.165, 1.54) is 0 Å². The van der Waals surface area contributed by atoms with Gasteiger partial charge in [-0.25, -0.2) is 8.42 Å². The number of nitrogens with zero attached hydrogens (tertiary/aromatic N) is 1. The number of ether oxygens (including phenoxy) is 1. The van der Waals surface area contributed by atoms with Gasteiger partial charge in [0.25, 0.3) is 0 Å². The number of nitrogen functional groups attached to an aromatic ring is 1. The van der Waals surface area contributed by atoms with Gasteiger partial charge in [-0.05, 0) is 26.0 Å². The molecule has 0 bridgehead atoms. The zero-order chi connectivity index (χ0) is 14.6. The van der Waals surface area contributed by atoms with Crippen LogP contribution in [0.5, 0.6) is 5.75 Å². The van der Waals surface area contributed by atoms with Crippen molar-refractivity contribution in [3.8, 4) is 5.75 Å². The highest BCUT2D eigenvalue weighted by Crippen LogP contribution is 2.26. The normalized spacial score (nSPS) is 11.6. The van der Waals surface area contributed by atoms with Crippen molar-refractivity contribution in [1.82, 2.24) is 0 Å². The van der Waals surface area contributed by atoms with Gasteiger partial charge in [0.15, 0.2) is 9.84 Å². The van der Waals surface area contributed by atoms with Crippen LogP contribution in [0, 0.1) is 0 Å². The van der Waals surface area contributed by atoms with Gasteiger partial charge in [-0.15, -0.1) is 0 Å². The van der Waals surface area contributed by atoms with Crippen molar-refractivity contribution in [2.45, 2.75) is 19.1 Å². The Bertz CT molecular complexity index is 525. The van der Waals surface area contributed by atoms with E-state index in [2.05, 4.69) is 0 Å². The summed E-state index contributed by atoms with van der Waals surface area (Å²) in [7, 11) is 0.747. The van der Waals surface area contributed by atoms with Crippen molar-refractivity contribution in [1.29, 1.82) is 0 Å². The summed E-state index contributed by atoms with van der Waals surface area (Å²) in [4.78, 5) is 1.93. The average molecular weight is 286 g/mol. The molecule has 0 aliphatic carbocycles. The highest BCUT2D eigenvalue weighted by atomic mass is 32.2. The molecule has 1 aromatic carbocycles. The summed E-state index contributed by atoms with van der Waals surface area (Å²) in [5.74, 6) is 0.515. The Labute approximate surface area is 115 Å². The van der Waals surface area contributed by atoms with Crippen LogP contribution in [0.2, 0.25) is 0 Å². The van der Waals surface area contributed by atoms with E-state index in [1.54, 1.807) is 26.0 Å². The molecule has 0 saturated carbocycles. The number of anilines is 2. The molecule has 0 aliphatic rings. The Morgan fingerprint density at radius 2 is 1.95 bits per heavy atom. The Balaban J connectivity index is 2.71. The molecule has 2 N–H and O–H groups in total. The molecule has 6 heteroatoms. The van der Waals surface area contributed by atoms with Crippen LogP contribution in [-0.4, -0.2) is 40.1 Å². The Morgan fingerprint density at radius 3 is 2.47 bits per heavy atom. The monoisotopic (exact) mass is 286 g/mol. The molecule has 0 spiro atoms. The quantitative estimate of drug-likeness (QED) is 0.803. The lowest BCUT2D eigenvalue weighted by molar-refractivity contribution is 0.342. The minimum Gasteiger partial charge on any atom is -0.490 e. The van der Waals surface area contributed by atoms with Gasteiger partial charge in [-0.1, -0.05) is 0 Å². The van der Waals surface area contributed by atoms with E-state index < -0.39 is 9.84 Å². The summed E-state index contributed by atoms with van der Waals surface area (Å²) in [6.45, 7) is 3.44. The van der Waals surface area contributed by atoms with Crippen LogP contribution in [-0.2, 0) is 9.84 Å². The van der Waals surface area contributed by atoms with E-state index in [0.717, 1.165) is 5.69 Å². The van der Waals surface area contributed by atoms with Gasteiger partial charge in [-0.2, -0.15) is 0 Å². The van der Waals surface area contributed by atoms with Crippen molar-refractivity contribution in [2.24, 2.45) is 0 Å².